The largest absolute Gasteiger partial charge is 0.457 e. The Morgan fingerprint density at radius 3 is 2.09 bits per heavy atom. The molecule has 4 aromatic rings. The minimum Gasteiger partial charge on any atom is -0.457 e. The van der Waals surface area contributed by atoms with E-state index in [1.807, 2.05) is 106 Å². The van der Waals surface area contributed by atoms with Gasteiger partial charge in [0.1, 0.15) is 5.60 Å². The number of carbonyl (C=O) groups is 1. The third-order valence-corrected chi connectivity index (χ3v) is 4.93. The van der Waals surface area contributed by atoms with Crippen LogP contribution in [-0.4, -0.2) is 22.3 Å². The lowest BCUT2D eigenvalue weighted by Crippen LogP contribution is -2.22. The van der Waals surface area contributed by atoms with E-state index in [-0.39, 0.29) is 5.97 Å². The van der Waals surface area contributed by atoms with Crippen LogP contribution in [0.2, 0.25) is 0 Å². The summed E-state index contributed by atoms with van der Waals surface area (Å²) in [5.74, 6) is -0.382. The van der Waals surface area contributed by atoms with Crippen molar-refractivity contribution in [3.63, 3.8) is 0 Å². The Morgan fingerprint density at radius 1 is 0.848 bits per heavy atom. The molecule has 0 atom stereocenters. The van der Waals surface area contributed by atoms with Crippen LogP contribution in [0.4, 0.5) is 5.69 Å². The molecule has 0 saturated carbocycles. The number of esters is 1. The lowest BCUT2D eigenvalue weighted by Gasteiger charge is -2.18. The van der Waals surface area contributed by atoms with E-state index >= 15 is 0 Å². The number of aromatic nitrogens is 1. The summed E-state index contributed by atoms with van der Waals surface area (Å²) in [4.78, 5) is 21.7. The third-order valence-electron chi connectivity index (χ3n) is 4.93. The molecular weight excluding hydrogens is 408 g/mol. The van der Waals surface area contributed by atoms with Gasteiger partial charge in [-0.2, -0.15) is 0 Å². The fraction of sp³-hybridized carbons (Fsp3) is 0.138. The van der Waals surface area contributed by atoms with Crippen molar-refractivity contribution in [3.05, 3.63) is 114 Å². The van der Waals surface area contributed by atoms with E-state index in [0.717, 1.165) is 38.9 Å². The second-order valence-corrected chi connectivity index (χ2v) is 8.66. The van der Waals surface area contributed by atoms with Crippen LogP contribution in [-0.2, 0) is 9.53 Å². The van der Waals surface area contributed by atoms with Gasteiger partial charge in [0.15, 0.2) is 0 Å². The van der Waals surface area contributed by atoms with Crippen molar-refractivity contribution in [1.29, 1.82) is 0 Å². The number of benzene rings is 3. The topological polar surface area (TPSA) is 51.5 Å². The molecule has 0 aliphatic rings. The van der Waals surface area contributed by atoms with Gasteiger partial charge in [-0.15, -0.1) is 0 Å². The van der Waals surface area contributed by atoms with Crippen LogP contribution in [0.25, 0.3) is 16.8 Å². The first-order valence-corrected chi connectivity index (χ1v) is 10.9. The standard InChI is InChI=1S/C29H26N2O2/c1-29(2,3)33-26(32)18-17-21-15-10-16-24-19-30-20-25(27(21)24)31-28(22-11-6-4-7-12-22)23-13-8-5-9-14-23/h4-20H,1-3H3/b18-17+. The minimum atomic E-state index is -0.542. The zero-order chi connectivity index (χ0) is 23.3. The first kappa shape index (κ1) is 22.2. The molecule has 0 amide bonds. The zero-order valence-corrected chi connectivity index (χ0v) is 19.0. The van der Waals surface area contributed by atoms with Crippen LogP contribution in [0.15, 0.2) is 102 Å². The predicted octanol–water partition coefficient (Wildman–Crippen LogP) is 6.76. The Kier molecular flexibility index (Phi) is 6.45. The van der Waals surface area contributed by atoms with Crippen LogP contribution >= 0.6 is 0 Å². The number of nitrogens with zero attached hydrogens (tertiary/aromatic N) is 2. The van der Waals surface area contributed by atoms with E-state index in [1.54, 1.807) is 12.3 Å². The Hall–Kier alpha value is -4.05. The molecule has 0 N–H and O–H groups in total. The number of fused-ring (bicyclic) bond motifs is 1. The summed E-state index contributed by atoms with van der Waals surface area (Å²) in [5, 5.41) is 1.87. The highest BCUT2D eigenvalue weighted by atomic mass is 16.6. The quantitative estimate of drug-likeness (QED) is 0.198. The molecule has 0 bridgehead atoms. The summed E-state index contributed by atoms with van der Waals surface area (Å²) in [6.07, 6.45) is 6.81. The fourth-order valence-corrected chi connectivity index (χ4v) is 3.57. The summed E-state index contributed by atoms with van der Waals surface area (Å²) in [5.41, 5.74) is 3.96. The number of carbonyl (C=O) groups excluding carboxylic acids is 1. The van der Waals surface area contributed by atoms with E-state index < -0.39 is 5.60 Å². The van der Waals surface area contributed by atoms with Crippen LogP contribution in [0, 0.1) is 0 Å². The maximum absolute atomic E-state index is 12.3. The number of hydrogen-bond donors (Lipinski definition) is 0. The Bertz CT molecular complexity index is 1270. The number of hydrogen-bond acceptors (Lipinski definition) is 4. The number of ether oxygens (including phenoxy) is 1. The van der Waals surface area contributed by atoms with Crippen molar-refractivity contribution in [2.45, 2.75) is 26.4 Å². The molecule has 0 fully saturated rings. The van der Waals surface area contributed by atoms with Gasteiger partial charge in [-0.25, -0.2) is 9.79 Å². The summed E-state index contributed by atoms with van der Waals surface area (Å²) >= 11 is 0. The molecule has 0 aliphatic carbocycles. The number of aliphatic imine (C=N–C) groups is 1. The Labute approximate surface area is 194 Å². The molecule has 0 aliphatic heterocycles. The van der Waals surface area contributed by atoms with Gasteiger partial charge in [-0.1, -0.05) is 78.9 Å². The average molecular weight is 435 g/mol. The van der Waals surface area contributed by atoms with E-state index in [2.05, 4.69) is 4.98 Å². The first-order valence-electron chi connectivity index (χ1n) is 10.9. The van der Waals surface area contributed by atoms with Crippen molar-refractivity contribution in [2.75, 3.05) is 0 Å². The molecule has 1 aromatic heterocycles. The highest BCUT2D eigenvalue weighted by Crippen LogP contribution is 2.30. The molecule has 0 radical (unpaired) electrons. The third kappa shape index (κ3) is 5.60. The van der Waals surface area contributed by atoms with Crippen LogP contribution in [0.1, 0.15) is 37.5 Å². The number of pyridine rings is 1. The molecule has 0 unspecified atom stereocenters. The van der Waals surface area contributed by atoms with Gasteiger partial charge >= 0.3 is 5.97 Å². The van der Waals surface area contributed by atoms with Crippen molar-refractivity contribution in [3.8, 4) is 0 Å². The van der Waals surface area contributed by atoms with Crippen molar-refractivity contribution in [1.82, 2.24) is 4.98 Å². The second kappa shape index (κ2) is 9.61. The van der Waals surface area contributed by atoms with Gasteiger partial charge in [-0.05, 0) is 32.4 Å². The van der Waals surface area contributed by atoms with Gasteiger partial charge in [0, 0.05) is 34.2 Å². The highest BCUT2D eigenvalue weighted by Gasteiger charge is 2.14. The maximum Gasteiger partial charge on any atom is 0.331 e. The zero-order valence-electron chi connectivity index (χ0n) is 19.0. The summed E-state index contributed by atoms with van der Waals surface area (Å²) in [7, 11) is 0. The van der Waals surface area contributed by atoms with Gasteiger partial charge in [-0.3, -0.25) is 4.98 Å². The SMILES string of the molecule is CC(C)(C)OC(=O)/C=C/c1cccc2cncc(N=C(c3ccccc3)c3ccccc3)c12. The molecule has 164 valence electrons. The monoisotopic (exact) mass is 434 g/mol. The van der Waals surface area contributed by atoms with Crippen LogP contribution < -0.4 is 0 Å². The van der Waals surface area contributed by atoms with Crippen LogP contribution in [0.3, 0.4) is 0 Å². The summed E-state index contributed by atoms with van der Waals surface area (Å²) < 4.78 is 5.42. The number of rotatable bonds is 5. The van der Waals surface area contributed by atoms with E-state index in [1.165, 1.54) is 6.08 Å². The van der Waals surface area contributed by atoms with E-state index in [9.17, 15) is 4.79 Å². The molecule has 4 rings (SSSR count). The molecule has 33 heavy (non-hydrogen) atoms. The molecule has 3 aromatic carbocycles. The molecule has 4 nitrogen and oxygen atoms in total. The molecular formula is C29H26N2O2. The smallest absolute Gasteiger partial charge is 0.331 e. The van der Waals surface area contributed by atoms with Gasteiger partial charge < -0.3 is 4.74 Å². The lowest BCUT2D eigenvalue weighted by atomic mass is 10.0. The Morgan fingerprint density at radius 2 is 1.48 bits per heavy atom. The minimum absolute atomic E-state index is 0.382. The molecule has 0 spiro atoms. The second-order valence-electron chi connectivity index (χ2n) is 8.66. The molecule has 4 heteroatoms. The highest BCUT2D eigenvalue weighted by molar-refractivity contribution is 6.15. The Balaban J connectivity index is 1.85. The predicted molar refractivity (Wildman–Crippen MR) is 135 cm³/mol. The van der Waals surface area contributed by atoms with Gasteiger partial charge in [0.2, 0.25) is 0 Å². The first-order chi connectivity index (χ1) is 15.9. The lowest BCUT2D eigenvalue weighted by molar-refractivity contribution is -0.148. The fourth-order valence-electron chi connectivity index (χ4n) is 3.57. The van der Waals surface area contributed by atoms with Crippen molar-refractivity contribution < 1.29 is 9.53 Å². The van der Waals surface area contributed by atoms with Crippen molar-refractivity contribution >= 4 is 34.2 Å². The molecule has 0 saturated heterocycles. The van der Waals surface area contributed by atoms with Crippen molar-refractivity contribution in [2.24, 2.45) is 4.99 Å². The van der Waals surface area contributed by atoms with E-state index in [0.29, 0.717) is 0 Å². The maximum atomic E-state index is 12.3. The average Bonchev–Trinajstić information content (AvgIpc) is 2.81. The van der Waals surface area contributed by atoms with E-state index in [4.69, 9.17) is 9.73 Å². The van der Waals surface area contributed by atoms with Crippen LogP contribution in [0.5, 0.6) is 0 Å². The summed E-state index contributed by atoms with van der Waals surface area (Å²) in [6, 6.07) is 26.1. The van der Waals surface area contributed by atoms with Gasteiger partial charge in [0.05, 0.1) is 17.6 Å². The normalized spacial score (nSPS) is 11.5. The summed E-state index contributed by atoms with van der Waals surface area (Å²) in [6.45, 7) is 5.55. The molecule has 1 heterocycles. The van der Waals surface area contributed by atoms with Gasteiger partial charge in [0.25, 0.3) is 0 Å².